The maximum Gasteiger partial charge on any atom is 0.257 e. The third kappa shape index (κ3) is 6.17. The largest absolute Gasteiger partial charge is 0.483 e. The van der Waals surface area contributed by atoms with Crippen LogP contribution in [0.3, 0.4) is 0 Å². The lowest BCUT2D eigenvalue weighted by molar-refractivity contribution is -0.123. The molecule has 4 nitrogen and oxygen atoms in total. The molecule has 1 atom stereocenters. The molecule has 0 aliphatic carbocycles. The first kappa shape index (κ1) is 17.5. The Bertz CT molecular complexity index is 452. The van der Waals surface area contributed by atoms with Gasteiger partial charge in [0, 0.05) is 6.54 Å². The zero-order valence-electron chi connectivity index (χ0n) is 13.5. The summed E-state index contributed by atoms with van der Waals surface area (Å²) in [6.07, 6.45) is 0.916. The van der Waals surface area contributed by atoms with Crippen LogP contribution in [0.4, 0.5) is 0 Å². The first-order chi connectivity index (χ1) is 9.84. The second-order valence-electron chi connectivity index (χ2n) is 6.24. The van der Waals surface area contributed by atoms with Crippen molar-refractivity contribution in [1.82, 2.24) is 5.32 Å². The van der Waals surface area contributed by atoms with Crippen molar-refractivity contribution >= 4 is 5.91 Å². The van der Waals surface area contributed by atoms with Gasteiger partial charge in [-0.15, -0.1) is 0 Å². The van der Waals surface area contributed by atoms with Gasteiger partial charge in [-0.05, 0) is 29.9 Å². The zero-order valence-corrected chi connectivity index (χ0v) is 13.5. The molecule has 0 radical (unpaired) electrons. The molecule has 0 spiro atoms. The first-order valence-corrected chi connectivity index (χ1v) is 7.51. The molecule has 1 unspecified atom stereocenters. The van der Waals surface area contributed by atoms with Crippen LogP contribution in [-0.2, 0) is 10.2 Å². The molecule has 0 aliphatic heterocycles. The molecule has 0 saturated carbocycles. The summed E-state index contributed by atoms with van der Waals surface area (Å²) < 4.78 is 5.63. The van der Waals surface area contributed by atoms with Crippen LogP contribution in [0.2, 0.25) is 0 Å². The molecule has 0 aliphatic rings. The van der Waals surface area contributed by atoms with Gasteiger partial charge in [0.1, 0.15) is 5.75 Å². The molecule has 0 bridgehead atoms. The van der Waals surface area contributed by atoms with Gasteiger partial charge in [-0.25, -0.2) is 0 Å². The third-order valence-corrected chi connectivity index (χ3v) is 3.32. The highest BCUT2D eigenvalue weighted by Gasteiger charge is 2.18. The summed E-state index contributed by atoms with van der Waals surface area (Å²) in [7, 11) is 0. The number of para-hydroxylation sites is 1. The van der Waals surface area contributed by atoms with Gasteiger partial charge in [0.2, 0.25) is 0 Å². The van der Waals surface area contributed by atoms with E-state index < -0.39 is 0 Å². The molecule has 21 heavy (non-hydrogen) atoms. The van der Waals surface area contributed by atoms with Gasteiger partial charge >= 0.3 is 0 Å². The van der Waals surface area contributed by atoms with E-state index in [2.05, 4.69) is 26.1 Å². The maximum atomic E-state index is 11.7. The maximum absolute atomic E-state index is 11.7. The van der Waals surface area contributed by atoms with Crippen LogP contribution in [0, 0.1) is 0 Å². The summed E-state index contributed by atoms with van der Waals surface area (Å²) in [5.74, 6) is 0.579. The van der Waals surface area contributed by atoms with E-state index in [0.717, 1.165) is 11.3 Å². The van der Waals surface area contributed by atoms with Gasteiger partial charge in [-0.2, -0.15) is 0 Å². The summed E-state index contributed by atoms with van der Waals surface area (Å²) in [5, 5.41) is 12.2. The number of aliphatic hydroxyl groups excluding tert-OH is 1. The molecule has 2 N–H and O–H groups in total. The van der Waals surface area contributed by atoms with Crippen molar-refractivity contribution in [2.24, 2.45) is 0 Å². The minimum Gasteiger partial charge on any atom is -0.483 e. The fraction of sp³-hybridized carbons (Fsp3) is 0.588. The fourth-order valence-corrected chi connectivity index (χ4v) is 1.99. The van der Waals surface area contributed by atoms with Crippen LogP contribution in [-0.4, -0.2) is 30.3 Å². The average molecular weight is 293 g/mol. The normalized spacial score (nSPS) is 12.8. The smallest absolute Gasteiger partial charge is 0.257 e. The molecule has 0 fully saturated rings. The monoisotopic (exact) mass is 293 g/mol. The van der Waals surface area contributed by atoms with E-state index in [1.807, 2.05) is 31.2 Å². The Balaban J connectivity index is 2.47. The average Bonchev–Trinajstić information content (AvgIpc) is 2.44. The van der Waals surface area contributed by atoms with Crippen molar-refractivity contribution in [2.75, 3.05) is 13.2 Å². The summed E-state index contributed by atoms with van der Waals surface area (Å²) in [6.45, 7) is 8.72. The van der Waals surface area contributed by atoms with Crippen LogP contribution >= 0.6 is 0 Å². The van der Waals surface area contributed by atoms with Crippen molar-refractivity contribution in [3.8, 4) is 5.75 Å². The Morgan fingerprint density at radius 2 is 2.00 bits per heavy atom. The van der Waals surface area contributed by atoms with Gasteiger partial charge in [0.15, 0.2) is 6.61 Å². The second-order valence-corrected chi connectivity index (χ2v) is 6.24. The quantitative estimate of drug-likeness (QED) is 0.812. The highest BCUT2D eigenvalue weighted by molar-refractivity contribution is 5.77. The summed E-state index contributed by atoms with van der Waals surface area (Å²) in [6, 6.07) is 7.78. The Labute approximate surface area is 127 Å². The molecule has 1 rings (SSSR count). The van der Waals surface area contributed by atoms with E-state index in [1.54, 1.807) is 0 Å². The lowest BCUT2D eigenvalue weighted by atomic mass is 9.86. The third-order valence-electron chi connectivity index (χ3n) is 3.32. The predicted molar refractivity (Wildman–Crippen MR) is 84.6 cm³/mol. The number of amides is 1. The molecule has 1 amide bonds. The van der Waals surface area contributed by atoms with Gasteiger partial charge in [-0.3, -0.25) is 4.79 Å². The highest BCUT2D eigenvalue weighted by Crippen LogP contribution is 2.30. The molecule has 1 aromatic rings. The number of nitrogens with one attached hydrogen (secondary N) is 1. The molecule has 0 heterocycles. The topological polar surface area (TPSA) is 58.6 Å². The fourth-order valence-electron chi connectivity index (χ4n) is 1.99. The van der Waals surface area contributed by atoms with E-state index in [1.165, 1.54) is 0 Å². The molecule has 0 aromatic heterocycles. The van der Waals surface area contributed by atoms with E-state index in [0.29, 0.717) is 19.4 Å². The Hall–Kier alpha value is -1.55. The van der Waals surface area contributed by atoms with E-state index in [4.69, 9.17) is 4.74 Å². The van der Waals surface area contributed by atoms with Crippen LogP contribution in [0.15, 0.2) is 24.3 Å². The minimum absolute atomic E-state index is 0.00465. The summed E-state index contributed by atoms with van der Waals surface area (Å²) >= 11 is 0. The standard InChI is InChI=1S/C17H27NO3/c1-5-13(19)10-11-18-16(20)12-21-15-9-7-6-8-14(15)17(2,3)4/h6-9,13,19H,5,10-12H2,1-4H3,(H,18,20). The van der Waals surface area contributed by atoms with Gasteiger partial charge in [0.25, 0.3) is 5.91 Å². The number of hydrogen-bond donors (Lipinski definition) is 2. The van der Waals surface area contributed by atoms with Crippen LogP contribution < -0.4 is 10.1 Å². The number of aliphatic hydroxyl groups is 1. The van der Waals surface area contributed by atoms with E-state index >= 15 is 0 Å². The number of hydrogen-bond acceptors (Lipinski definition) is 3. The van der Waals surface area contributed by atoms with E-state index in [9.17, 15) is 9.90 Å². The first-order valence-electron chi connectivity index (χ1n) is 7.51. The Morgan fingerprint density at radius 3 is 2.62 bits per heavy atom. The van der Waals surface area contributed by atoms with Gasteiger partial charge in [-0.1, -0.05) is 45.9 Å². The number of carbonyl (C=O) groups is 1. The Morgan fingerprint density at radius 1 is 1.33 bits per heavy atom. The van der Waals surface area contributed by atoms with Gasteiger partial charge in [0.05, 0.1) is 6.10 Å². The van der Waals surface area contributed by atoms with Crippen molar-refractivity contribution in [3.05, 3.63) is 29.8 Å². The summed E-state index contributed by atoms with van der Waals surface area (Å²) in [4.78, 5) is 11.7. The molecule has 1 aromatic carbocycles. The van der Waals surface area contributed by atoms with Crippen LogP contribution in [0.5, 0.6) is 5.75 Å². The SMILES string of the molecule is CCC(O)CCNC(=O)COc1ccccc1C(C)(C)C. The number of benzene rings is 1. The van der Waals surface area contributed by atoms with Crippen LogP contribution in [0.25, 0.3) is 0 Å². The van der Waals surface area contributed by atoms with Crippen molar-refractivity contribution in [3.63, 3.8) is 0 Å². The number of rotatable bonds is 7. The zero-order chi connectivity index (χ0) is 15.9. The molecular weight excluding hydrogens is 266 g/mol. The molecule has 0 saturated heterocycles. The highest BCUT2D eigenvalue weighted by atomic mass is 16.5. The molecular formula is C17H27NO3. The molecule has 118 valence electrons. The lowest BCUT2D eigenvalue weighted by Crippen LogP contribution is -2.31. The Kier molecular flexibility index (Phi) is 6.69. The predicted octanol–water partition coefficient (Wildman–Crippen LogP) is 2.64. The van der Waals surface area contributed by atoms with E-state index in [-0.39, 0.29) is 24.0 Å². The summed E-state index contributed by atoms with van der Waals surface area (Å²) in [5.41, 5.74) is 1.05. The second kappa shape index (κ2) is 8.03. The van der Waals surface area contributed by atoms with Gasteiger partial charge < -0.3 is 15.2 Å². The number of ether oxygens (including phenoxy) is 1. The minimum atomic E-state index is -0.354. The lowest BCUT2D eigenvalue weighted by Gasteiger charge is -2.22. The van der Waals surface area contributed by atoms with Crippen LogP contribution in [0.1, 0.15) is 46.1 Å². The van der Waals surface area contributed by atoms with Crippen molar-refractivity contribution in [2.45, 2.75) is 52.1 Å². The van der Waals surface area contributed by atoms with Crippen molar-refractivity contribution in [1.29, 1.82) is 0 Å². The molecule has 4 heteroatoms. The van der Waals surface area contributed by atoms with Crippen molar-refractivity contribution < 1.29 is 14.6 Å². The number of carbonyl (C=O) groups excluding carboxylic acids is 1.